The smallest absolute Gasteiger partial charge is 0.228 e. The Morgan fingerprint density at radius 1 is 1.42 bits per heavy atom. The molecule has 0 radical (unpaired) electrons. The Hall–Kier alpha value is -0.280. The molecule has 0 aromatic carbocycles. The molecule has 0 N–H and O–H groups in total. The summed E-state index contributed by atoms with van der Waals surface area (Å²) in [5.74, 6) is 2.64. The largest absolute Gasteiger partial charge is 0.473 e. The van der Waals surface area contributed by atoms with Crippen LogP contribution in [0.4, 0.5) is 0 Å². The quantitative estimate of drug-likeness (QED) is 0.737. The summed E-state index contributed by atoms with van der Waals surface area (Å²) in [6.07, 6.45) is 5.55. The average molecular weight is 347 g/mol. The molecule has 106 valence electrons. The molecule has 0 saturated heterocycles. The van der Waals surface area contributed by atoms with E-state index in [1.165, 1.54) is 12.8 Å². The minimum atomic E-state index is 0.258. The van der Waals surface area contributed by atoms with Crippen LogP contribution in [-0.2, 0) is 0 Å². The topological polar surface area (TPSA) is 22.1 Å². The molecule has 1 aromatic rings. The van der Waals surface area contributed by atoms with E-state index in [1.807, 2.05) is 6.07 Å². The Balaban J connectivity index is 2.14. The van der Waals surface area contributed by atoms with Crippen LogP contribution in [0.1, 0.15) is 40.0 Å². The van der Waals surface area contributed by atoms with Crippen LogP contribution in [-0.4, -0.2) is 11.1 Å². The molecule has 1 aliphatic carbocycles. The van der Waals surface area contributed by atoms with Crippen LogP contribution < -0.4 is 4.74 Å². The zero-order valence-corrected chi connectivity index (χ0v) is 14.0. The van der Waals surface area contributed by atoms with Crippen molar-refractivity contribution in [3.8, 4) is 5.88 Å². The standard InChI is InChI=1S/C15H21BrClNO/c1-9(2)12-5-4-10(3)6-14(12)19-15-13(16)7-11(17)8-18-15/h7-10,12,14H,4-6H2,1-3H3. The highest BCUT2D eigenvalue weighted by molar-refractivity contribution is 9.10. The van der Waals surface area contributed by atoms with Crippen molar-refractivity contribution in [1.82, 2.24) is 4.98 Å². The fourth-order valence-electron chi connectivity index (χ4n) is 2.88. The molecule has 1 aromatic heterocycles. The van der Waals surface area contributed by atoms with E-state index in [4.69, 9.17) is 16.3 Å². The Labute approximate surface area is 129 Å². The molecule has 4 heteroatoms. The Kier molecular flexibility index (Phi) is 5.13. The van der Waals surface area contributed by atoms with Crippen LogP contribution in [0, 0.1) is 17.8 Å². The highest BCUT2D eigenvalue weighted by Gasteiger charge is 2.32. The van der Waals surface area contributed by atoms with E-state index in [0.29, 0.717) is 22.7 Å². The van der Waals surface area contributed by atoms with Crippen molar-refractivity contribution in [2.75, 3.05) is 0 Å². The molecule has 1 saturated carbocycles. The lowest BCUT2D eigenvalue weighted by Gasteiger charge is -2.37. The van der Waals surface area contributed by atoms with Gasteiger partial charge in [0.1, 0.15) is 6.10 Å². The van der Waals surface area contributed by atoms with Crippen molar-refractivity contribution >= 4 is 27.5 Å². The molecule has 0 bridgehead atoms. The van der Waals surface area contributed by atoms with E-state index in [-0.39, 0.29) is 6.10 Å². The van der Waals surface area contributed by atoms with E-state index >= 15 is 0 Å². The van der Waals surface area contributed by atoms with Crippen molar-refractivity contribution in [2.45, 2.75) is 46.1 Å². The predicted octanol–water partition coefficient (Wildman–Crippen LogP) is 5.34. The molecule has 0 aliphatic heterocycles. The first-order valence-corrected chi connectivity index (χ1v) is 8.12. The third-order valence-electron chi connectivity index (χ3n) is 4.00. The van der Waals surface area contributed by atoms with E-state index in [0.717, 1.165) is 16.8 Å². The minimum absolute atomic E-state index is 0.258. The lowest BCUT2D eigenvalue weighted by molar-refractivity contribution is 0.0420. The van der Waals surface area contributed by atoms with Gasteiger partial charge in [-0.3, -0.25) is 0 Å². The van der Waals surface area contributed by atoms with Crippen molar-refractivity contribution in [1.29, 1.82) is 0 Å². The van der Waals surface area contributed by atoms with Gasteiger partial charge < -0.3 is 4.74 Å². The number of ether oxygens (including phenoxy) is 1. The Bertz CT molecular complexity index is 438. The predicted molar refractivity (Wildman–Crippen MR) is 82.7 cm³/mol. The van der Waals surface area contributed by atoms with E-state index < -0.39 is 0 Å². The second-order valence-electron chi connectivity index (χ2n) is 5.92. The molecule has 2 rings (SSSR count). The first-order chi connectivity index (χ1) is 8.97. The first-order valence-electron chi connectivity index (χ1n) is 6.95. The van der Waals surface area contributed by atoms with Gasteiger partial charge in [0.15, 0.2) is 0 Å². The number of hydrogen-bond acceptors (Lipinski definition) is 2. The zero-order chi connectivity index (χ0) is 14.0. The minimum Gasteiger partial charge on any atom is -0.473 e. The molecule has 1 fully saturated rings. The third kappa shape index (κ3) is 3.85. The summed E-state index contributed by atoms with van der Waals surface area (Å²) in [5.41, 5.74) is 0. The summed E-state index contributed by atoms with van der Waals surface area (Å²) in [5, 5.41) is 0.622. The number of pyridine rings is 1. The van der Waals surface area contributed by atoms with Gasteiger partial charge in [0.25, 0.3) is 0 Å². The summed E-state index contributed by atoms with van der Waals surface area (Å²) < 4.78 is 7.00. The molecule has 19 heavy (non-hydrogen) atoms. The summed E-state index contributed by atoms with van der Waals surface area (Å²) in [4.78, 5) is 4.29. The highest BCUT2D eigenvalue weighted by atomic mass is 79.9. The van der Waals surface area contributed by atoms with Gasteiger partial charge in [-0.25, -0.2) is 4.98 Å². The zero-order valence-electron chi connectivity index (χ0n) is 11.7. The normalized spacial score (nSPS) is 27.6. The number of nitrogens with zero attached hydrogens (tertiary/aromatic N) is 1. The molecule has 1 heterocycles. The van der Waals surface area contributed by atoms with Gasteiger partial charge in [0, 0.05) is 6.20 Å². The molecular formula is C15H21BrClNO. The number of halogens is 2. The van der Waals surface area contributed by atoms with Gasteiger partial charge in [0.05, 0.1) is 9.50 Å². The fraction of sp³-hybridized carbons (Fsp3) is 0.667. The van der Waals surface area contributed by atoms with Gasteiger partial charge in [0.2, 0.25) is 5.88 Å². The number of rotatable bonds is 3. The molecule has 0 spiro atoms. The van der Waals surface area contributed by atoms with Crippen LogP contribution >= 0.6 is 27.5 Å². The van der Waals surface area contributed by atoms with Gasteiger partial charge in [-0.15, -0.1) is 0 Å². The SMILES string of the molecule is CC1CCC(C(C)C)C(Oc2ncc(Cl)cc2Br)C1. The molecule has 0 amide bonds. The fourth-order valence-corrected chi connectivity index (χ4v) is 3.61. The maximum atomic E-state index is 6.17. The van der Waals surface area contributed by atoms with Crippen molar-refractivity contribution in [3.63, 3.8) is 0 Å². The molecule has 1 aliphatic rings. The molecule has 2 nitrogen and oxygen atoms in total. The Morgan fingerprint density at radius 3 is 2.79 bits per heavy atom. The van der Waals surface area contributed by atoms with Crippen LogP contribution in [0.5, 0.6) is 5.88 Å². The summed E-state index contributed by atoms with van der Waals surface area (Å²) in [7, 11) is 0. The highest BCUT2D eigenvalue weighted by Crippen LogP contribution is 2.37. The Morgan fingerprint density at radius 2 is 2.16 bits per heavy atom. The van der Waals surface area contributed by atoms with Gasteiger partial charge in [-0.05, 0) is 52.6 Å². The van der Waals surface area contributed by atoms with Gasteiger partial charge in [-0.1, -0.05) is 38.8 Å². The summed E-state index contributed by atoms with van der Waals surface area (Å²) in [6, 6.07) is 1.83. The van der Waals surface area contributed by atoms with Crippen molar-refractivity contribution in [2.24, 2.45) is 17.8 Å². The second kappa shape index (κ2) is 6.45. The number of aromatic nitrogens is 1. The molecule has 3 atom stereocenters. The van der Waals surface area contributed by atoms with E-state index in [9.17, 15) is 0 Å². The maximum absolute atomic E-state index is 6.17. The van der Waals surface area contributed by atoms with Crippen molar-refractivity contribution < 1.29 is 4.74 Å². The van der Waals surface area contributed by atoms with Gasteiger partial charge >= 0.3 is 0 Å². The van der Waals surface area contributed by atoms with E-state index in [1.54, 1.807) is 6.20 Å². The molecular weight excluding hydrogens is 326 g/mol. The van der Waals surface area contributed by atoms with Gasteiger partial charge in [-0.2, -0.15) is 0 Å². The molecule has 3 unspecified atom stereocenters. The van der Waals surface area contributed by atoms with Crippen LogP contribution in [0.3, 0.4) is 0 Å². The second-order valence-corrected chi connectivity index (χ2v) is 7.21. The van der Waals surface area contributed by atoms with Crippen LogP contribution in [0.2, 0.25) is 5.02 Å². The lowest BCUT2D eigenvalue weighted by Crippen LogP contribution is -2.36. The average Bonchev–Trinajstić information content (AvgIpc) is 2.32. The maximum Gasteiger partial charge on any atom is 0.228 e. The number of hydrogen-bond donors (Lipinski definition) is 0. The monoisotopic (exact) mass is 345 g/mol. The van der Waals surface area contributed by atoms with Crippen LogP contribution in [0.15, 0.2) is 16.7 Å². The third-order valence-corrected chi connectivity index (χ3v) is 4.77. The first kappa shape index (κ1) is 15.1. The van der Waals surface area contributed by atoms with E-state index in [2.05, 4.69) is 41.7 Å². The summed E-state index contributed by atoms with van der Waals surface area (Å²) in [6.45, 7) is 6.86. The van der Waals surface area contributed by atoms with Crippen LogP contribution in [0.25, 0.3) is 0 Å². The summed E-state index contributed by atoms with van der Waals surface area (Å²) >= 11 is 9.39. The van der Waals surface area contributed by atoms with Crippen molar-refractivity contribution in [3.05, 3.63) is 21.8 Å². The lowest BCUT2D eigenvalue weighted by atomic mass is 9.75.